The zero-order valence-corrected chi connectivity index (χ0v) is 11.3. The predicted molar refractivity (Wildman–Crippen MR) is 69.6 cm³/mol. The first-order valence-electron chi connectivity index (χ1n) is 6.53. The van der Waals surface area contributed by atoms with Gasteiger partial charge in [0.2, 0.25) is 0 Å². The Morgan fingerprint density at radius 2 is 2.05 bits per heavy atom. The summed E-state index contributed by atoms with van der Waals surface area (Å²) in [6.07, 6.45) is -3.71. The summed E-state index contributed by atoms with van der Waals surface area (Å²) >= 11 is 0. The Morgan fingerprint density at radius 3 is 2.50 bits per heavy atom. The van der Waals surface area contributed by atoms with Gasteiger partial charge in [0.1, 0.15) is 0 Å². The highest BCUT2D eigenvalue weighted by atomic mass is 19.4. The second-order valence-corrected chi connectivity index (χ2v) is 5.23. The van der Waals surface area contributed by atoms with Crippen molar-refractivity contribution in [1.29, 1.82) is 0 Å². The maximum Gasteiger partial charge on any atom is 0.416 e. The number of halogens is 3. The number of aryl methyl sites for hydroxylation is 1. The first-order valence-corrected chi connectivity index (χ1v) is 6.53. The van der Waals surface area contributed by atoms with Crippen LogP contribution in [0.4, 0.5) is 18.9 Å². The average Bonchev–Trinajstić information content (AvgIpc) is 2.36. The van der Waals surface area contributed by atoms with Crippen molar-refractivity contribution in [2.24, 2.45) is 5.41 Å². The minimum Gasteiger partial charge on any atom is -0.396 e. The molecule has 1 aromatic rings. The van der Waals surface area contributed by atoms with Crippen molar-refractivity contribution in [3.8, 4) is 0 Å². The minimum atomic E-state index is -4.35. The van der Waals surface area contributed by atoms with Crippen LogP contribution in [0.2, 0.25) is 0 Å². The first kappa shape index (κ1) is 15.1. The molecule has 20 heavy (non-hydrogen) atoms. The van der Waals surface area contributed by atoms with Crippen molar-refractivity contribution in [3.05, 3.63) is 29.3 Å². The van der Waals surface area contributed by atoms with Crippen molar-refractivity contribution in [2.45, 2.75) is 19.5 Å². The lowest BCUT2D eigenvalue weighted by molar-refractivity contribution is -0.137. The van der Waals surface area contributed by atoms with Gasteiger partial charge in [-0.25, -0.2) is 0 Å². The third kappa shape index (κ3) is 3.07. The van der Waals surface area contributed by atoms with E-state index in [1.165, 1.54) is 6.07 Å². The van der Waals surface area contributed by atoms with Crippen molar-refractivity contribution < 1.29 is 23.0 Å². The summed E-state index contributed by atoms with van der Waals surface area (Å²) < 4.78 is 43.3. The normalized spacial score (nSPS) is 17.6. The van der Waals surface area contributed by atoms with Crippen LogP contribution in [0, 0.1) is 5.41 Å². The molecule has 3 nitrogen and oxygen atoms in total. The van der Waals surface area contributed by atoms with Gasteiger partial charge in [0.15, 0.2) is 0 Å². The fourth-order valence-corrected chi connectivity index (χ4v) is 2.15. The largest absolute Gasteiger partial charge is 0.416 e. The standard InChI is InChI=1S/C14H18F3NO2/c1-2-10-3-4-11(14(15,16)17)5-12(10)18-6-13(7-19)8-20-9-13/h3-5,18-19H,2,6-9H2,1H3. The van der Waals surface area contributed by atoms with Gasteiger partial charge in [0.25, 0.3) is 0 Å². The van der Waals surface area contributed by atoms with E-state index >= 15 is 0 Å². The lowest BCUT2D eigenvalue weighted by Crippen LogP contribution is -2.50. The molecular formula is C14H18F3NO2. The molecule has 0 aromatic heterocycles. The second kappa shape index (κ2) is 5.61. The van der Waals surface area contributed by atoms with E-state index in [-0.39, 0.29) is 12.0 Å². The Hall–Kier alpha value is -1.27. The summed E-state index contributed by atoms with van der Waals surface area (Å²) in [6.45, 7) is 3.11. The molecule has 0 atom stereocenters. The number of alkyl halides is 3. The molecule has 0 aliphatic carbocycles. The molecule has 0 saturated carbocycles. The lowest BCUT2D eigenvalue weighted by atomic mass is 9.87. The highest BCUT2D eigenvalue weighted by molar-refractivity contribution is 5.54. The molecule has 0 unspecified atom stereocenters. The molecule has 1 fully saturated rings. The molecule has 1 saturated heterocycles. The molecule has 0 amide bonds. The molecule has 1 aliphatic heterocycles. The average molecular weight is 289 g/mol. The lowest BCUT2D eigenvalue weighted by Gasteiger charge is -2.40. The molecule has 2 rings (SSSR count). The van der Waals surface area contributed by atoms with Gasteiger partial charge in [0, 0.05) is 12.2 Å². The highest BCUT2D eigenvalue weighted by Crippen LogP contribution is 2.33. The molecule has 1 aliphatic rings. The Morgan fingerprint density at radius 1 is 1.35 bits per heavy atom. The third-order valence-corrected chi connectivity index (χ3v) is 3.62. The Labute approximate surface area is 115 Å². The van der Waals surface area contributed by atoms with E-state index in [0.29, 0.717) is 31.9 Å². The Balaban J connectivity index is 2.16. The van der Waals surface area contributed by atoms with Crippen LogP contribution in [0.5, 0.6) is 0 Å². The molecule has 0 bridgehead atoms. The first-order chi connectivity index (χ1) is 9.40. The SMILES string of the molecule is CCc1ccc(C(F)(F)F)cc1NCC1(CO)COC1. The summed E-state index contributed by atoms with van der Waals surface area (Å²) in [5.74, 6) is 0. The second-order valence-electron chi connectivity index (χ2n) is 5.23. The molecular weight excluding hydrogens is 271 g/mol. The highest BCUT2D eigenvalue weighted by Gasteiger charge is 2.38. The molecule has 2 N–H and O–H groups in total. The minimum absolute atomic E-state index is 0.0413. The van der Waals surface area contributed by atoms with Crippen LogP contribution in [0.25, 0.3) is 0 Å². The van der Waals surface area contributed by atoms with Gasteiger partial charge in [-0.3, -0.25) is 0 Å². The summed E-state index contributed by atoms with van der Waals surface area (Å²) in [4.78, 5) is 0. The number of aliphatic hydroxyl groups excluding tert-OH is 1. The molecule has 112 valence electrons. The predicted octanol–water partition coefficient (Wildman–Crippen LogP) is 2.69. The maximum absolute atomic E-state index is 12.7. The van der Waals surface area contributed by atoms with Crippen LogP contribution >= 0.6 is 0 Å². The van der Waals surface area contributed by atoms with Crippen LogP contribution in [0.3, 0.4) is 0 Å². The van der Waals surface area contributed by atoms with E-state index in [2.05, 4.69) is 5.32 Å². The van der Waals surface area contributed by atoms with E-state index in [1.807, 2.05) is 6.92 Å². The van der Waals surface area contributed by atoms with Crippen LogP contribution in [-0.4, -0.2) is 31.5 Å². The number of aliphatic hydroxyl groups is 1. The van der Waals surface area contributed by atoms with Crippen LogP contribution in [0.1, 0.15) is 18.1 Å². The zero-order valence-electron chi connectivity index (χ0n) is 11.3. The number of rotatable bonds is 5. The monoisotopic (exact) mass is 289 g/mol. The van der Waals surface area contributed by atoms with Crippen molar-refractivity contribution in [3.63, 3.8) is 0 Å². The van der Waals surface area contributed by atoms with E-state index in [1.54, 1.807) is 0 Å². The number of ether oxygens (including phenoxy) is 1. The number of anilines is 1. The molecule has 1 aromatic carbocycles. The van der Waals surface area contributed by atoms with Crippen molar-refractivity contribution in [1.82, 2.24) is 0 Å². The third-order valence-electron chi connectivity index (χ3n) is 3.62. The van der Waals surface area contributed by atoms with E-state index in [0.717, 1.165) is 17.7 Å². The van der Waals surface area contributed by atoms with Gasteiger partial charge < -0.3 is 15.2 Å². The maximum atomic E-state index is 12.7. The van der Waals surface area contributed by atoms with Gasteiger partial charge in [0.05, 0.1) is 30.8 Å². The van der Waals surface area contributed by atoms with Crippen molar-refractivity contribution in [2.75, 3.05) is 31.7 Å². The van der Waals surface area contributed by atoms with Crippen LogP contribution in [0.15, 0.2) is 18.2 Å². The van der Waals surface area contributed by atoms with Gasteiger partial charge >= 0.3 is 6.18 Å². The summed E-state index contributed by atoms with van der Waals surface area (Å²) in [6, 6.07) is 3.72. The van der Waals surface area contributed by atoms with Gasteiger partial charge in [-0.15, -0.1) is 0 Å². The fourth-order valence-electron chi connectivity index (χ4n) is 2.15. The number of nitrogens with one attached hydrogen (secondary N) is 1. The van der Waals surface area contributed by atoms with E-state index in [9.17, 15) is 18.3 Å². The van der Waals surface area contributed by atoms with Gasteiger partial charge in [-0.1, -0.05) is 13.0 Å². The molecule has 6 heteroatoms. The number of hydrogen-bond donors (Lipinski definition) is 2. The Bertz CT molecular complexity index is 464. The van der Waals surface area contributed by atoms with Gasteiger partial charge in [-0.2, -0.15) is 13.2 Å². The van der Waals surface area contributed by atoms with Crippen LogP contribution < -0.4 is 5.32 Å². The van der Waals surface area contributed by atoms with Crippen molar-refractivity contribution >= 4 is 5.69 Å². The molecule has 1 heterocycles. The topological polar surface area (TPSA) is 41.5 Å². The number of hydrogen-bond acceptors (Lipinski definition) is 3. The van der Waals surface area contributed by atoms with Gasteiger partial charge in [-0.05, 0) is 24.1 Å². The number of benzene rings is 1. The van der Waals surface area contributed by atoms with E-state index < -0.39 is 11.7 Å². The molecule has 0 radical (unpaired) electrons. The van der Waals surface area contributed by atoms with E-state index in [4.69, 9.17) is 4.74 Å². The Kier molecular flexibility index (Phi) is 4.25. The quantitative estimate of drug-likeness (QED) is 0.875. The smallest absolute Gasteiger partial charge is 0.396 e. The fraction of sp³-hybridized carbons (Fsp3) is 0.571. The summed E-state index contributed by atoms with van der Waals surface area (Å²) in [5.41, 5.74) is 0.257. The molecule has 0 spiro atoms. The van der Waals surface area contributed by atoms with Crippen LogP contribution in [-0.2, 0) is 17.3 Å². The zero-order chi connectivity index (χ0) is 14.8. The summed E-state index contributed by atoms with van der Waals surface area (Å²) in [5, 5.41) is 12.4. The summed E-state index contributed by atoms with van der Waals surface area (Å²) in [7, 11) is 0.